The molecule has 0 aromatic heterocycles. The molecule has 1 aromatic rings. The maximum atomic E-state index is 12.0. The van der Waals surface area contributed by atoms with Gasteiger partial charge in [-0.15, -0.1) is 0 Å². The lowest BCUT2D eigenvalue weighted by molar-refractivity contribution is -0.148. The van der Waals surface area contributed by atoms with Gasteiger partial charge in [0.15, 0.2) is 6.61 Å². The van der Waals surface area contributed by atoms with Crippen LogP contribution >= 0.6 is 0 Å². The van der Waals surface area contributed by atoms with Crippen LogP contribution in [0.3, 0.4) is 0 Å². The normalized spacial score (nSPS) is 22.7. The molecular formula is C22H29NO5. The molecule has 1 N–H and O–H groups in total. The van der Waals surface area contributed by atoms with Gasteiger partial charge in [-0.1, -0.05) is 19.8 Å². The van der Waals surface area contributed by atoms with Gasteiger partial charge in [0.2, 0.25) is 0 Å². The van der Waals surface area contributed by atoms with E-state index in [2.05, 4.69) is 5.32 Å². The van der Waals surface area contributed by atoms with Crippen molar-refractivity contribution in [1.29, 1.82) is 0 Å². The van der Waals surface area contributed by atoms with Gasteiger partial charge in [0.25, 0.3) is 5.91 Å². The fraction of sp³-hybridized carbons (Fsp3) is 0.591. The van der Waals surface area contributed by atoms with Crippen molar-refractivity contribution in [1.82, 2.24) is 0 Å². The van der Waals surface area contributed by atoms with E-state index in [9.17, 15) is 14.4 Å². The van der Waals surface area contributed by atoms with Crippen molar-refractivity contribution in [2.24, 2.45) is 17.8 Å². The van der Waals surface area contributed by atoms with E-state index in [-0.39, 0.29) is 24.5 Å². The van der Waals surface area contributed by atoms with Crippen molar-refractivity contribution >= 4 is 23.5 Å². The van der Waals surface area contributed by atoms with Crippen molar-refractivity contribution in [2.45, 2.75) is 51.9 Å². The van der Waals surface area contributed by atoms with Crippen molar-refractivity contribution in [3.8, 4) is 0 Å². The third-order valence-electron chi connectivity index (χ3n) is 5.81. The van der Waals surface area contributed by atoms with Crippen LogP contribution in [0.2, 0.25) is 0 Å². The van der Waals surface area contributed by atoms with Crippen LogP contribution in [0.15, 0.2) is 24.3 Å². The van der Waals surface area contributed by atoms with Gasteiger partial charge in [0.1, 0.15) is 0 Å². The highest BCUT2D eigenvalue weighted by atomic mass is 16.5. The quantitative estimate of drug-likeness (QED) is 0.512. The van der Waals surface area contributed by atoms with Crippen LogP contribution in [0.4, 0.5) is 5.69 Å². The smallest absolute Gasteiger partial charge is 0.338 e. The number of anilines is 1. The minimum absolute atomic E-state index is 0.291. The second-order valence-electron chi connectivity index (χ2n) is 7.91. The Balaban J connectivity index is 1.37. The highest BCUT2D eigenvalue weighted by molar-refractivity contribution is 5.94. The fourth-order valence-corrected chi connectivity index (χ4v) is 4.32. The Bertz CT molecular complexity index is 699. The number of carbonyl (C=O) groups excluding carboxylic acids is 3. The summed E-state index contributed by atoms with van der Waals surface area (Å²) in [6, 6.07) is 6.47. The lowest BCUT2D eigenvalue weighted by Crippen LogP contribution is -2.23. The monoisotopic (exact) mass is 387 g/mol. The summed E-state index contributed by atoms with van der Waals surface area (Å²) in [6.45, 7) is 2.14. The number of rotatable bonds is 9. The number of unbranched alkanes of at least 4 members (excludes halogenated alkanes) is 1. The molecule has 3 atom stereocenters. The van der Waals surface area contributed by atoms with Gasteiger partial charge in [-0.05, 0) is 67.7 Å². The number of hydrogen-bond acceptors (Lipinski definition) is 5. The molecule has 28 heavy (non-hydrogen) atoms. The average Bonchev–Trinajstić information content (AvgIpc) is 3.30. The summed E-state index contributed by atoms with van der Waals surface area (Å²) in [5.41, 5.74) is 0.977. The van der Waals surface area contributed by atoms with Crippen LogP contribution in [0, 0.1) is 17.8 Å². The average molecular weight is 387 g/mol. The van der Waals surface area contributed by atoms with Crippen LogP contribution < -0.4 is 5.32 Å². The Kier molecular flexibility index (Phi) is 7.06. The first-order valence-corrected chi connectivity index (χ1v) is 10.3. The second kappa shape index (κ2) is 9.71. The Morgan fingerprint density at radius 3 is 2.50 bits per heavy atom. The zero-order valence-electron chi connectivity index (χ0n) is 16.4. The minimum Gasteiger partial charge on any atom is -0.462 e. The summed E-state index contributed by atoms with van der Waals surface area (Å²) in [4.78, 5) is 35.9. The third kappa shape index (κ3) is 5.57. The molecule has 6 heteroatoms. The topological polar surface area (TPSA) is 81.7 Å². The summed E-state index contributed by atoms with van der Waals surface area (Å²) >= 11 is 0. The van der Waals surface area contributed by atoms with Gasteiger partial charge in [-0.2, -0.15) is 0 Å². The van der Waals surface area contributed by atoms with Gasteiger partial charge < -0.3 is 14.8 Å². The van der Waals surface area contributed by atoms with E-state index in [0.717, 1.165) is 25.2 Å². The Hall–Kier alpha value is -2.37. The van der Waals surface area contributed by atoms with Gasteiger partial charge in [0.05, 0.1) is 12.2 Å². The lowest BCUT2D eigenvalue weighted by Gasteiger charge is -2.20. The van der Waals surface area contributed by atoms with Crippen LogP contribution in [0.25, 0.3) is 0 Å². The van der Waals surface area contributed by atoms with E-state index in [0.29, 0.717) is 36.1 Å². The van der Waals surface area contributed by atoms with E-state index >= 15 is 0 Å². The molecule has 152 valence electrons. The predicted octanol–water partition coefficient (Wildman–Crippen LogP) is 3.95. The van der Waals surface area contributed by atoms with Gasteiger partial charge >= 0.3 is 11.9 Å². The van der Waals surface area contributed by atoms with Crippen LogP contribution in [-0.4, -0.2) is 31.1 Å². The highest BCUT2D eigenvalue weighted by Crippen LogP contribution is 2.49. The zero-order valence-corrected chi connectivity index (χ0v) is 16.4. The molecule has 0 radical (unpaired) electrons. The molecule has 0 spiro atoms. The molecule has 3 rings (SSSR count). The number of esters is 2. The molecule has 2 aliphatic carbocycles. The molecule has 2 saturated carbocycles. The van der Waals surface area contributed by atoms with E-state index in [1.165, 1.54) is 19.3 Å². The van der Waals surface area contributed by atoms with Crippen molar-refractivity contribution in [3.05, 3.63) is 29.8 Å². The molecule has 0 saturated heterocycles. The number of ether oxygens (including phenoxy) is 2. The van der Waals surface area contributed by atoms with Crippen molar-refractivity contribution in [3.63, 3.8) is 0 Å². The second-order valence-corrected chi connectivity index (χ2v) is 7.91. The molecule has 2 bridgehead atoms. The third-order valence-corrected chi connectivity index (χ3v) is 5.81. The Labute approximate surface area is 166 Å². The van der Waals surface area contributed by atoms with Crippen LogP contribution in [0.1, 0.15) is 62.2 Å². The number of nitrogens with one attached hydrogen (secondary N) is 1. The summed E-state index contributed by atoms with van der Waals surface area (Å²) in [5.74, 6) is 0.828. The number of hydrogen-bond donors (Lipinski definition) is 1. The molecule has 1 aromatic carbocycles. The van der Waals surface area contributed by atoms with E-state index in [4.69, 9.17) is 9.47 Å². The number of benzene rings is 1. The fourth-order valence-electron chi connectivity index (χ4n) is 4.32. The largest absolute Gasteiger partial charge is 0.462 e. The van der Waals surface area contributed by atoms with E-state index in [1.807, 2.05) is 6.92 Å². The lowest BCUT2D eigenvalue weighted by atomic mass is 9.86. The molecule has 0 aliphatic heterocycles. The number of carbonyl (C=O) groups is 3. The van der Waals surface area contributed by atoms with E-state index in [1.54, 1.807) is 24.3 Å². The molecule has 0 heterocycles. The Morgan fingerprint density at radius 2 is 1.86 bits per heavy atom. The van der Waals surface area contributed by atoms with E-state index < -0.39 is 0 Å². The number of amides is 1. The SMILES string of the molecule is CCCCOC(=O)c1ccc(NC(=O)COC(=O)C[C@H]2C[C@H]3CC[C@@H]2C3)cc1. The van der Waals surface area contributed by atoms with Gasteiger partial charge in [-0.25, -0.2) is 4.79 Å². The van der Waals surface area contributed by atoms with Crippen LogP contribution in [0.5, 0.6) is 0 Å². The van der Waals surface area contributed by atoms with Gasteiger partial charge in [0, 0.05) is 12.1 Å². The maximum absolute atomic E-state index is 12.0. The highest BCUT2D eigenvalue weighted by Gasteiger charge is 2.40. The summed E-state index contributed by atoms with van der Waals surface area (Å²) in [5, 5.41) is 2.67. The van der Waals surface area contributed by atoms with Crippen molar-refractivity contribution < 1.29 is 23.9 Å². The molecule has 1 amide bonds. The van der Waals surface area contributed by atoms with Crippen LogP contribution in [-0.2, 0) is 19.1 Å². The molecule has 0 unspecified atom stereocenters. The molecule has 2 fully saturated rings. The maximum Gasteiger partial charge on any atom is 0.338 e. The number of fused-ring (bicyclic) bond motifs is 2. The molecule has 6 nitrogen and oxygen atoms in total. The van der Waals surface area contributed by atoms with Gasteiger partial charge in [-0.3, -0.25) is 9.59 Å². The predicted molar refractivity (Wildman–Crippen MR) is 105 cm³/mol. The Morgan fingerprint density at radius 1 is 1.07 bits per heavy atom. The first-order valence-electron chi connectivity index (χ1n) is 10.3. The van der Waals surface area contributed by atoms with Crippen molar-refractivity contribution in [2.75, 3.05) is 18.5 Å². The standard InChI is InChI=1S/C22H29NO5/c1-2-3-10-27-22(26)16-6-8-19(9-7-16)23-20(24)14-28-21(25)13-18-12-15-4-5-17(18)11-15/h6-9,15,17-18H,2-5,10-14H2,1H3,(H,23,24)/t15-,17+,18+/m0/s1. The molecular weight excluding hydrogens is 358 g/mol. The summed E-state index contributed by atoms with van der Waals surface area (Å²) in [6.07, 6.45) is 7.12. The first kappa shape index (κ1) is 20.4. The first-order chi connectivity index (χ1) is 13.5. The summed E-state index contributed by atoms with van der Waals surface area (Å²) < 4.78 is 10.3. The zero-order chi connectivity index (χ0) is 19.9. The summed E-state index contributed by atoms with van der Waals surface area (Å²) in [7, 11) is 0. The molecule has 2 aliphatic rings. The minimum atomic E-state index is -0.389.